The second kappa shape index (κ2) is 6.78. The maximum atomic E-state index is 12.0. The monoisotopic (exact) mass is 302 g/mol. The molecule has 0 unspecified atom stereocenters. The Morgan fingerprint density at radius 3 is 3.19 bits per heavy atom. The molecule has 2 aromatic rings. The maximum Gasteiger partial charge on any atom is 0.225 e. The van der Waals surface area contributed by atoms with Crippen LogP contribution in [0.4, 0.5) is 5.69 Å². The third-order valence-corrected chi connectivity index (χ3v) is 4.55. The van der Waals surface area contributed by atoms with Crippen LogP contribution in [0.25, 0.3) is 0 Å². The van der Waals surface area contributed by atoms with Crippen LogP contribution in [0.5, 0.6) is 0 Å². The number of likely N-dealkylation sites (tertiary alicyclic amines) is 1. The van der Waals surface area contributed by atoms with Crippen molar-refractivity contribution < 1.29 is 4.79 Å². The lowest BCUT2D eigenvalue weighted by Gasteiger charge is -2.22. The van der Waals surface area contributed by atoms with Crippen LogP contribution in [0, 0.1) is 0 Å². The molecule has 1 aliphatic heterocycles. The number of nitrogens with zero attached hydrogens (tertiary/aromatic N) is 3. The van der Waals surface area contributed by atoms with Crippen molar-refractivity contribution in [2.75, 3.05) is 18.4 Å². The summed E-state index contributed by atoms with van der Waals surface area (Å²) in [6.45, 7) is 1.82. The lowest BCUT2D eigenvalue weighted by molar-refractivity contribution is -0.116. The normalized spacial score (nSPS) is 18.8. The van der Waals surface area contributed by atoms with E-state index in [9.17, 15) is 4.79 Å². The van der Waals surface area contributed by atoms with Gasteiger partial charge in [0.25, 0.3) is 0 Å². The third kappa shape index (κ3) is 3.65. The predicted octanol–water partition coefficient (Wildman–Crippen LogP) is 2.70. The molecular weight excluding hydrogens is 284 g/mol. The topological polar surface area (TPSA) is 58.1 Å². The number of pyridine rings is 1. The Morgan fingerprint density at radius 1 is 1.48 bits per heavy atom. The number of hydrogen-bond donors (Lipinski definition) is 1. The Kier molecular flexibility index (Phi) is 4.57. The second-order valence-electron chi connectivity index (χ2n) is 5.10. The summed E-state index contributed by atoms with van der Waals surface area (Å²) in [4.78, 5) is 22.7. The largest absolute Gasteiger partial charge is 0.325 e. The zero-order valence-corrected chi connectivity index (χ0v) is 12.6. The van der Waals surface area contributed by atoms with E-state index < -0.39 is 0 Å². The van der Waals surface area contributed by atoms with E-state index in [-0.39, 0.29) is 5.91 Å². The molecule has 110 valence electrons. The zero-order valence-electron chi connectivity index (χ0n) is 11.7. The average Bonchev–Trinajstić information content (AvgIpc) is 3.17. The van der Waals surface area contributed by atoms with Gasteiger partial charge in [0, 0.05) is 30.7 Å². The standard InChI is InChI=1S/C15H18N4OS/c20-14(18-12-3-1-6-16-11-12)5-9-19-8-2-4-13(19)15-17-7-10-21-15/h1,3,6-7,10-11,13H,2,4-5,8-9H2,(H,18,20)/t13-/m0/s1. The Labute approximate surface area is 128 Å². The van der Waals surface area contributed by atoms with Crippen molar-refractivity contribution in [3.8, 4) is 0 Å². The fourth-order valence-corrected chi connectivity index (χ4v) is 3.48. The summed E-state index contributed by atoms with van der Waals surface area (Å²) < 4.78 is 0. The van der Waals surface area contributed by atoms with Gasteiger partial charge >= 0.3 is 0 Å². The van der Waals surface area contributed by atoms with E-state index in [4.69, 9.17) is 0 Å². The molecule has 0 saturated carbocycles. The van der Waals surface area contributed by atoms with Crippen LogP contribution in [-0.4, -0.2) is 33.9 Å². The van der Waals surface area contributed by atoms with Gasteiger partial charge in [-0.25, -0.2) is 4.98 Å². The van der Waals surface area contributed by atoms with Crippen LogP contribution in [0.3, 0.4) is 0 Å². The summed E-state index contributed by atoms with van der Waals surface area (Å²) in [6, 6.07) is 4.05. The first-order chi connectivity index (χ1) is 10.3. The van der Waals surface area contributed by atoms with Crippen molar-refractivity contribution in [2.45, 2.75) is 25.3 Å². The van der Waals surface area contributed by atoms with Gasteiger partial charge in [-0.2, -0.15) is 0 Å². The zero-order chi connectivity index (χ0) is 14.5. The molecule has 21 heavy (non-hydrogen) atoms. The molecule has 1 atom stereocenters. The van der Waals surface area contributed by atoms with Crippen molar-refractivity contribution in [1.29, 1.82) is 0 Å². The van der Waals surface area contributed by atoms with Crippen LogP contribution in [-0.2, 0) is 4.79 Å². The maximum absolute atomic E-state index is 12.0. The SMILES string of the molecule is O=C(CCN1CCC[C@H]1c1nccs1)Nc1cccnc1. The molecular formula is C15H18N4OS. The number of carbonyl (C=O) groups is 1. The van der Waals surface area contributed by atoms with E-state index in [1.807, 2.05) is 23.7 Å². The summed E-state index contributed by atoms with van der Waals surface area (Å²) in [7, 11) is 0. The van der Waals surface area contributed by atoms with Gasteiger partial charge in [0.15, 0.2) is 0 Å². The van der Waals surface area contributed by atoms with Gasteiger partial charge in [-0.1, -0.05) is 0 Å². The lowest BCUT2D eigenvalue weighted by Crippen LogP contribution is -2.27. The molecule has 0 bridgehead atoms. The second-order valence-corrected chi connectivity index (χ2v) is 6.03. The van der Waals surface area contributed by atoms with E-state index in [2.05, 4.69) is 20.2 Å². The lowest BCUT2D eigenvalue weighted by atomic mass is 10.2. The molecule has 3 heterocycles. The minimum Gasteiger partial charge on any atom is -0.325 e. The Morgan fingerprint density at radius 2 is 2.43 bits per heavy atom. The molecule has 1 N–H and O–H groups in total. The molecule has 0 spiro atoms. The molecule has 0 aliphatic carbocycles. The van der Waals surface area contributed by atoms with Crippen LogP contribution in [0.2, 0.25) is 0 Å². The Bertz CT molecular complexity index is 573. The van der Waals surface area contributed by atoms with E-state index in [0.717, 1.165) is 25.2 Å². The summed E-state index contributed by atoms with van der Waals surface area (Å²) in [5.41, 5.74) is 0.750. The number of anilines is 1. The van der Waals surface area contributed by atoms with Crippen molar-refractivity contribution in [3.05, 3.63) is 41.1 Å². The first kappa shape index (κ1) is 14.2. The van der Waals surface area contributed by atoms with Gasteiger partial charge in [-0.05, 0) is 31.5 Å². The molecule has 5 nitrogen and oxygen atoms in total. The summed E-state index contributed by atoms with van der Waals surface area (Å²) in [5.74, 6) is 0.0350. The Hall–Kier alpha value is -1.79. The quantitative estimate of drug-likeness (QED) is 0.922. The number of carbonyl (C=O) groups excluding carboxylic acids is 1. The summed E-state index contributed by atoms with van der Waals surface area (Å²) in [6.07, 6.45) is 8.01. The molecule has 1 amide bonds. The van der Waals surface area contributed by atoms with Crippen LogP contribution in [0.1, 0.15) is 30.3 Å². The smallest absolute Gasteiger partial charge is 0.225 e. The van der Waals surface area contributed by atoms with Crippen LogP contribution in [0.15, 0.2) is 36.1 Å². The fourth-order valence-electron chi connectivity index (χ4n) is 2.68. The molecule has 1 fully saturated rings. The predicted molar refractivity (Wildman–Crippen MR) is 83.1 cm³/mol. The van der Waals surface area contributed by atoms with Gasteiger partial charge in [-0.15, -0.1) is 11.3 Å². The molecule has 6 heteroatoms. The van der Waals surface area contributed by atoms with Crippen molar-refractivity contribution >= 4 is 22.9 Å². The molecule has 1 saturated heterocycles. The van der Waals surface area contributed by atoms with Crippen molar-refractivity contribution in [3.63, 3.8) is 0 Å². The van der Waals surface area contributed by atoms with Gasteiger partial charge in [0.1, 0.15) is 5.01 Å². The van der Waals surface area contributed by atoms with Crippen molar-refractivity contribution in [1.82, 2.24) is 14.9 Å². The first-order valence-corrected chi connectivity index (χ1v) is 8.04. The van der Waals surface area contributed by atoms with E-state index in [0.29, 0.717) is 12.5 Å². The number of rotatable bonds is 5. The highest BCUT2D eigenvalue weighted by Crippen LogP contribution is 2.32. The molecule has 0 radical (unpaired) electrons. The van der Waals surface area contributed by atoms with Crippen LogP contribution >= 0.6 is 11.3 Å². The number of nitrogens with one attached hydrogen (secondary N) is 1. The summed E-state index contributed by atoms with van der Waals surface area (Å²) >= 11 is 1.70. The highest BCUT2D eigenvalue weighted by atomic mass is 32.1. The Balaban J connectivity index is 1.51. The van der Waals surface area contributed by atoms with E-state index >= 15 is 0 Å². The number of thiazole rings is 1. The fraction of sp³-hybridized carbons (Fsp3) is 0.400. The van der Waals surface area contributed by atoms with Crippen molar-refractivity contribution in [2.24, 2.45) is 0 Å². The van der Waals surface area contributed by atoms with E-state index in [1.54, 1.807) is 23.7 Å². The average molecular weight is 302 g/mol. The van der Waals surface area contributed by atoms with E-state index in [1.165, 1.54) is 11.4 Å². The third-order valence-electron chi connectivity index (χ3n) is 3.67. The first-order valence-electron chi connectivity index (χ1n) is 7.16. The molecule has 0 aromatic carbocycles. The summed E-state index contributed by atoms with van der Waals surface area (Å²) in [5, 5.41) is 6.06. The van der Waals surface area contributed by atoms with Gasteiger partial charge < -0.3 is 5.32 Å². The van der Waals surface area contributed by atoms with Gasteiger partial charge in [0.2, 0.25) is 5.91 Å². The van der Waals surface area contributed by atoms with Crippen LogP contribution < -0.4 is 5.32 Å². The minimum atomic E-state index is 0.0350. The minimum absolute atomic E-state index is 0.0350. The van der Waals surface area contributed by atoms with Gasteiger partial charge in [-0.3, -0.25) is 14.7 Å². The highest BCUT2D eigenvalue weighted by molar-refractivity contribution is 7.09. The number of amides is 1. The highest BCUT2D eigenvalue weighted by Gasteiger charge is 2.27. The number of hydrogen-bond acceptors (Lipinski definition) is 5. The molecule has 2 aromatic heterocycles. The molecule has 3 rings (SSSR count). The van der Waals surface area contributed by atoms with Gasteiger partial charge in [0.05, 0.1) is 17.9 Å². The molecule has 1 aliphatic rings. The number of aromatic nitrogens is 2.